The highest BCUT2D eigenvalue weighted by Gasteiger charge is 2.34. The highest BCUT2D eigenvalue weighted by Crippen LogP contribution is 2.33. The first-order chi connectivity index (χ1) is 15.5. The molecule has 2 aromatic rings. The number of thioether (sulfide) groups is 1. The van der Waals surface area contributed by atoms with Gasteiger partial charge in [0.05, 0.1) is 21.0 Å². The van der Waals surface area contributed by atoms with Gasteiger partial charge in [-0.1, -0.05) is 13.8 Å². The van der Waals surface area contributed by atoms with Gasteiger partial charge in [0.1, 0.15) is 0 Å². The number of nitrogens with one attached hydrogen (secondary N) is 2. The third-order valence-corrected chi connectivity index (χ3v) is 7.38. The van der Waals surface area contributed by atoms with Crippen LogP contribution in [-0.2, 0) is 15.6 Å². The van der Waals surface area contributed by atoms with Gasteiger partial charge in [0.25, 0.3) is 11.6 Å². The van der Waals surface area contributed by atoms with E-state index in [1.165, 1.54) is 35.6 Å². The zero-order chi connectivity index (χ0) is 24.6. The quantitative estimate of drug-likeness (QED) is 0.259. The molecule has 33 heavy (non-hydrogen) atoms. The molecule has 1 aromatic heterocycles. The van der Waals surface area contributed by atoms with Crippen molar-refractivity contribution in [3.8, 4) is 0 Å². The molecule has 0 unspecified atom stereocenters. The van der Waals surface area contributed by atoms with Crippen LogP contribution in [0.25, 0.3) is 0 Å². The van der Waals surface area contributed by atoms with Gasteiger partial charge < -0.3 is 10.6 Å². The number of nitro benzene ring substituents is 1. The Morgan fingerprint density at radius 3 is 2.39 bits per heavy atom. The zero-order valence-corrected chi connectivity index (χ0v) is 21.4. The number of carbonyl (C=O) groups is 2. The Labute approximate surface area is 203 Å². The lowest BCUT2D eigenvalue weighted by Crippen LogP contribution is -2.41. The highest BCUT2D eigenvalue weighted by atomic mass is 32.2. The van der Waals surface area contributed by atoms with Crippen LogP contribution in [0.1, 0.15) is 61.6 Å². The lowest BCUT2D eigenvalue weighted by molar-refractivity contribution is -0.384. The number of benzene rings is 1. The predicted octanol–water partition coefficient (Wildman–Crippen LogP) is 4.30. The summed E-state index contributed by atoms with van der Waals surface area (Å²) in [6, 6.07) is 5.52. The van der Waals surface area contributed by atoms with Crippen molar-refractivity contribution in [1.82, 2.24) is 15.6 Å². The first-order valence-electron chi connectivity index (χ1n) is 10.8. The summed E-state index contributed by atoms with van der Waals surface area (Å²) in [6.07, 6.45) is 3.63. The molecule has 2 N–H and O–H groups in total. The standard InChI is InChI=1S/C23H32N4O4S2/c1-22(2,11-13-24-19(28)16-7-9-17(10-8-16)27(30)31)21-26-18(15-33-21)23(3,4)20(29)25-12-6-14-32-5/h7-10,15H,6,11-14H2,1-5H3,(H,24,28)(H,25,29). The van der Waals surface area contributed by atoms with E-state index in [1.54, 1.807) is 11.8 Å². The minimum atomic E-state index is -0.728. The van der Waals surface area contributed by atoms with Crippen molar-refractivity contribution in [2.75, 3.05) is 25.1 Å². The maximum atomic E-state index is 12.7. The molecular weight excluding hydrogens is 460 g/mol. The average molecular weight is 493 g/mol. The number of nitro groups is 1. The molecule has 1 aromatic carbocycles. The van der Waals surface area contributed by atoms with Crippen LogP contribution in [0.2, 0.25) is 0 Å². The molecule has 2 rings (SSSR count). The van der Waals surface area contributed by atoms with E-state index in [2.05, 4.69) is 24.5 Å². The monoisotopic (exact) mass is 492 g/mol. The van der Waals surface area contributed by atoms with E-state index in [4.69, 9.17) is 4.98 Å². The van der Waals surface area contributed by atoms with E-state index in [-0.39, 0.29) is 22.9 Å². The summed E-state index contributed by atoms with van der Waals surface area (Å²) in [5.74, 6) is 0.699. The minimum absolute atomic E-state index is 0.0337. The van der Waals surface area contributed by atoms with Crippen LogP contribution in [0.4, 0.5) is 5.69 Å². The fourth-order valence-corrected chi connectivity index (χ4v) is 4.64. The molecule has 180 valence electrons. The molecule has 0 saturated heterocycles. The number of non-ortho nitro benzene ring substituents is 1. The van der Waals surface area contributed by atoms with Crippen molar-refractivity contribution in [3.05, 3.63) is 56.0 Å². The van der Waals surface area contributed by atoms with Gasteiger partial charge in [-0.3, -0.25) is 19.7 Å². The Balaban J connectivity index is 1.94. The summed E-state index contributed by atoms with van der Waals surface area (Å²) in [5.41, 5.74) is 0.0437. The Bertz CT molecular complexity index is 971. The van der Waals surface area contributed by atoms with Gasteiger partial charge in [-0.15, -0.1) is 11.3 Å². The normalized spacial score (nSPS) is 11.8. The molecule has 0 spiro atoms. The number of rotatable bonds is 12. The second kappa shape index (κ2) is 11.6. The van der Waals surface area contributed by atoms with Crippen LogP contribution in [0.5, 0.6) is 0 Å². The van der Waals surface area contributed by atoms with Gasteiger partial charge in [0, 0.05) is 41.6 Å². The molecule has 0 saturated carbocycles. The molecule has 0 aliphatic carbocycles. The Kier molecular flexibility index (Phi) is 9.42. The highest BCUT2D eigenvalue weighted by molar-refractivity contribution is 7.98. The van der Waals surface area contributed by atoms with E-state index >= 15 is 0 Å². The minimum Gasteiger partial charge on any atom is -0.355 e. The van der Waals surface area contributed by atoms with Crippen LogP contribution in [0, 0.1) is 10.1 Å². The Morgan fingerprint density at radius 1 is 1.12 bits per heavy atom. The summed E-state index contributed by atoms with van der Waals surface area (Å²) in [4.78, 5) is 40.1. The van der Waals surface area contributed by atoms with Crippen molar-refractivity contribution >= 4 is 40.6 Å². The van der Waals surface area contributed by atoms with E-state index in [0.717, 1.165) is 22.9 Å². The van der Waals surface area contributed by atoms with Gasteiger partial charge in [-0.2, -0.15) is 11.8 Å². The number of amides is 2. The maximum Gasteiger partial charge on any atom is 0.269 e. The molecule has 0 aliphatic heterocycles. The first-order valence-corrected chi connectivity index (χ1v) is 13.0. The van der Waals surface area contributed by atoms with Crippen molar-refractivity contribution in [2.24, 2.45) is 0 Å². The largest absolute Gasteiger partial charge is 0.355 e. The van der Waals surface area contributed by atoms with E-state index in [9.17, 15) is 19.7 Å². The first kappa shape index (κ1) is 26.8. The third-order valence-electron chi connectivity index (χ3n) is 5.48. The number of carbonyl (C=O) groups excluding carboxylic acids is 2. The average Bonchev–Trinajstić information content (AvgIpc) is 3.28. The fraction of sp³-hybridized carbons (Fsp3) is 0.522. The maximum absolute atomic E-state index is 12.7. The lowest BCUT2D eigenvalue weighted by atomic mass is 9.87. The van der Waals surface area contributed by atoms with Crippen molar-refractivity contribution < 1.29 is 14.5 Å². The van der Waals surface area contributed by atoms with E-state index in [1.807, 2.05) is 25.5 Å². The van der Waals surface area contributed by atoms with Crippen LogP contribution >= 0.6 is 23.1 Å². The zero-order valence-electron chi connectivity index (χ0n) is 19.8. The molecule has 0 bridgehead atoms. The topological polar surface area (TPSA) is 114 Å². The summed E-state index contributed by atoms with van der Waals surface area (Å²) >= 11 is 3.28. The Morgan fingerprint density at radius 2 is 1.79 bits per heavy atom. The van der Waals surface area contributed by atoms with Gasteiger partial charge >= 0.3 is 0 Å². The van der Waals surface area contributed by atoms with Gasteiger partial charge in [-0.25, -0.2) is 4.98 Å². The van der Waals surface area contributed by atoms with Gasteiger partial charge in [-0.05, 0) is 50.8 Å². The van der Waals surface area contributed by atoms with Crippen LogP contribution in [-0.4, -0.2) is 46.8 Å². The van der Waals surface area contributed by atoms with E-state index < -0.39 is 10.3 Å². The molecule has 2 amide bonds. The van der Waals surface area contributed by atoms with Crippen molar-refractivity contribution in [2.45, 2.75) is 51.4 Å². The van der Waals surface area contributed by atoms with E-state index in [0.29, 0.717) is 25.1 Å². The Hall–Kier alpha value is -2.46. The number of thiazole rings is 1. The number of nitrogens with zero attached hydrogens (tertiary/aromatic N) is 2. The smallest absolute Gasteiger partial charge is 0.269 e. The fourth-order valence-electron chi connectivity index (χ4n) is 3.06. The van der Waals surface area contributed by atoms with Crippen molar-refractivity contribution in [3.63, 3.8) is 0 Å². The summed E-state index contributed by atoms with van der Waals surface area (Å²) in [6.45, 7) is 8.96. The molecule has 0 radical (unpaired) electrons. The summed E-state index contributed by atoms with van der Waals surface area (Å²) < 4.78 is 0. The molecule has 10 heteroatoms. The lowest BCUT2D eigenvalue weighted by Gasteiger charge is -2.24. The SMILES string of the molecule is CSCCCNC(=O)C(C)(C)c1csc(C(C)(C)CCNC(=O)c2ccc([N+](=O)[O-])cc2)n1. The van der Waals surface area contributed by atoms with Crippen LogP contribution in [0.15, 0.2) is 29.6 Å². The molecule has 0 atom stereocenters. The predicted molar refractivity (Wildman–Crippen MR) is 134 cm³/mol. The summed E-state index contributed by atoms with van der Waals surface area (Å²) in [7, 11) is 0. The van der Waals surface area contributed by atoms with Crippen molar-refractivity contribution in [1.29, 1.82) is 0 Å². The molecule has 1 heterocycles. The molecule has 0 aliphatic rings. The second-order valence-corrected chi connectivity index (χ2v) is 10.8. The molecular formula is C23H32N4O4S2. The second-order valence-electron chi connectivity index (χ2n) is 8.96. The number of aromatic nitrogens is 1. The molecule has 0 fully saturated rings. The van der Waals surface area contributed by atoms with Gasteiger partial charge in [0.2, 0.25) is 5.91 Å². The van der Waals surface area contributed by atoms with Crippen LogP contribution < -0.4 is 10.6 Å². The molecule has 8 nitrogen and oxygen atoms in total. The van der Waals surface area contributed by atoms with Crippen LogP contribution in [0.3, 0.4) is 0 Å². The third kappa shape index (κ3) is 7.26. The number of hydrogen-bond acceptors (Lipinski definition) is 7. The van der Waals surface area contributed by atoms with Gasteiger partial charge in [0.15, 0.2) is 0 Å². The summed E-state index contributed by atoms with van der Waals surface area (Å²) in [5, 5.41) is 19.5. The number of hydrogen-bond donors (Lipinski definition) is 2.